The number of amides is 3. The molecule has 1 N–H and O–H groups in total. The molecule has 7 heteroatoms. The van der Waals surface area contributed by atoms with Gasteiger partial charge in [-0.15, -0.1) is 0 Å². The van der Waals surface area contributed by atoms with Gasteiger partial charge in [-0.2, -0.15) is 0 Å². The first kappa shape index (κ1) is 28.4. The molecule has 1 aromatic rings. The van der Waals surface area contributed by atoms with Gasteiger partial charge in [-0.05, 0) is 37.0 Å². The number of carbonyl (C=O) groups excluding carboxylic acids is 2. The molecule has 3 rings (SSSR count). The lowest BCUT2D eigenvalue weighted by Gasteiger charge is -2.38. The number of hydrogen-bond acceptors (Lipinski definition) is 3. The molecule has 202 valence electrons. The average molecular weight is 503 g/mol. The molecular formula is C29H47FN4O2. The minimum atomic E-state index is -0.265. The van der Waals surface area contributed by atoms with Gasteiger partial charge in [0.05, 0.1) is 0 Å². The first-order valence-corrected chi connectivity index (χ1v) is 14.3. The van der Waals surface area contributed by atoms with Gasteiger partial charge in [-0.25, -0.2) is 9.18 Å². The van der Waals surface area contributed by atoms with E-state index >= 15 is 0 Å². The van der Waals surface area contributed by atoms with E-state index in [1.165, 1.54) is 57.1 Å². The van der Waals surface area contributed by atoms with Gasteiger partial charge >= 0.3 is 6.03 Å². The Morgan fingerprint density at radius 3 is 2.31 bits per heavy atom. The van der Waals surface area contributed by atoms with E-state index in [0.29, 0.717) is 25.5 Å². The maximum Gasteiger partial charge on any atom is 0.317 e. The van der Waals surface area contributed by atoms with Gasteiger partial charge < -0.3 is 15.1 Å². The molecule has 6 nitrogen and oxygen atoms in total. The minimum Gasteiger partial charge on any atom is -0.340 e. The maximum absolute atomic E-state index is 13.4. The number of unbranched alkanes of at least 4 members (excludes halogenated alkanes) is 5. The van der Waals surface area contributed by atoms with E-state index < -0.39 is 0 Å². The summed E-state index contributed by atoms with van der Waals surface area (Å²) < 4.78 is 13.4. The lowest BCUT2D eigenvalue weighted by molar-refractivity contribution is -0.138. The highest BCUT2D eigenvalue weighted by molar-refractivity contribution is 5.79. The van der Waals surface area contributed by atoms with Crippen molar-refractivity contribution in [2.75, 3.05) is 45.8 Å². The van der Waals surface area contributed by atoms with Crippen LogP contribution in [0.4, 0.5) is 9.18 Å². The van der Waals surface area contributed by atoms with Gasteiger partial charge in [-0.1, -0.05) is 70.4 Å². The summed E-state index contributed by atoms with van der Waals surface area (Å²) in [5.41, 5.74) is 0.925. The number of carbonyl (C=O) groups is 2. The summed E-state index contributed by atoms with van der Waals surface area (Å²) >= 11 is 0. The van der Waals surface area contributed by atoms with Crippen LogP contribution in [-0.4, -0.2) is 72.5 Å². The van der Waals surface area contributed by atoms with Crippen molar-refractivity contribution in [1.82, 2.24) is 20.0 Å². The van der Waals surface area contributed by atoms with Crippen molar-refractivity contribution < 1.29 is 14.0 Å². The Morgan fingerprint density at radius 1 is 0.944 bits per heavy atom. The van der Waals surface area contributed by atoms with Crippen LogP contribution in [0, 0.1) is 11.7 Å². The van der Waals surface area contributed by atoms with E-state index in [0.717, 1.165) is 64.0 Å². The summed E-state index contributed by atoms with van der Waals surface area (Å²) in [6.07, 6.45) is 12.9. The highest BCUT2D eigenvalue weighted by atomic mass is 19.1. The summed E-state index contributed by atoms with van der Waals surface area (Å²) in [4.78, 5) is 32.1. The van der Waals surface area contributed by atoms with Gasteiger partial charge in [0.25, 0.3) is 0 Å². The van der Waals surface area contributed by atoms with Crippen molar-refractivity contribution in [1.29, 1.82) is 0 Å². The van der Waals surface area contributed by atoms with Crippen molar-refractivity contribution in [2.24, 2.45) is 5.92 Å². The third kappa shape index (κ3) is 9.72. The third-order valence-electron chi connectivity index (χ3n) is 7.70. The highest BCUT2D eigenvalue weighted by Gasteiger charge is 2.28. The molecule has 0 radical (unpaired) electrons. The van der Waals surface area contributed by atoms with E-state index in [1.54, 1.807) is 12.1 Å². The molecule has 1 saturated carbocycles. The zero-order chi connectivity index (χ0) is 25.6. The van der Waals surface area contributed by atoms with E-state index in [1.807, 2.05) is 4.90 Å². The highest BCUT2D eigenvalue weighted by Crippen LogP contribution is 2.25. The zero-order valence-electron chi connectivity index (χ0n) is 22.4. The second-order valence-corrected chi connectivity index (χ2v) is 10.5. The van der Waals surface area contributed by atoms with Gasteiger partial charge in [0.1, 0.15) is 5.82 Å². The lowest BCUT2D eigenvalue weighted by atomic mass is 9.88. The number of piperazine rings is 1. The first-order chi connectivity index (χ1) is 17.6. The number of rotatable bonds is 13. The summed E-state index contributed by atoms with van der Waals surface area (Å²) in [5.74, 6) is 0.312. The molecule has 0 unspecified atom stereocenters. The van der Waals surface area contributed by atoms with Crippen molar-refractivity contribution in [3.63, 3.8) is 0 Å². The number of urea groups is 1. The summed E-state index contributed by atoms with van der Waals surface area (Å²) in [6, 6.07) is 6.34. The summed E-state index contributed by atoms with van der Waals surface area (Å²) in [7, 11) is 0. The number of hydrogen-bond donors (Lipinski definition) is 1. The number of halogens is 1. The Labute approximate surface area is 217 Å². The third-order valence-corrected chi connectivity index (χ3v) is 7.70. The van der Waals surface area contributed by atoms with E-state index in [-0.39, 0.29) is 17.8 Å². The fraction of sp³-hybridized carbons (Fsp3) is 0.724. The Morgan fingerprint density at radius 2 is 1.61 bits per heavy atom. The number of benzene rings is 1. The molecule has 1 saturated heterocycles. The lowest BCUT2D eigenvalue weighted by Crippen LogP contribution is -2.52. The van der Waals surface area contributed by atoms with Crippen molar-refractivity contribution in [3.8, 4) is 0 Å². The summed E-state index contributed by atoms with van der Waals surface area (Å²) in [6.45, 7) is 8.00. The van der Waals surface area contributed by atoms with E-state index in [2.05, 4.69) is 22.0 Å². The van der Waals surface area contributed by atoms with Crippen LogP contribution in [0.3, 0.4) is 0 Å². The first-order valence-electron chi connectivity index (χ1n) is 14.3. The van der Waals surface area contributed by atoms with Crippen molar-refractivity contribution in [3.05, 3.63) is 35.6 Å². The SMILES string of the molecule is CCCCCCCCNC(=O)N(CCN1CCN(C(=O)C2CCCCC2)CC1)Cc1ccc(F)cc1. The average Bonchev–Trinajstić information content (AvgIpc) is 2.92. The van der Waals surface area contributed by atoms with Crippen LogP contribution in [0.5, 0.6) is 0 Å². The van der Waals surface area contributed by atoms with Crippen LogP contribution in [0.1, 0.15) is 83.1 Å². The molecule has 0 spiro atoms. The second-order valence-electron chi connectivity index (χ2n) is 10.5. The molecule has 0 aromatic heterocycles. The second kappa shape index (κ2) is 15.9. The minimum absolute atomic E-state index is 0.0565. The van der Waals surface area contributed by atoms with E-state index in [4.69, 9.17) is 0 Å². The van der Waals surface area contributed by atoms with Crippen LogP contribution in [-0.2, 0) is 11.3 Å². The van der Waals surface area contributed by atoms with Gasteiger partial charge in [0, 0.05) is 58.3 Å². The predicted octanol–water partition coefficient (Wildman–Crippen LogP) is 5.42. The summed E-state index contributed by atoms with van der Waals surface area (Å²) in [5, 5.41) is 3.09. The molecule has 3 amide bonds. The molecule has 1 aromatic carbocycles. The quantitative estimate of drug-likeness (QED) is 0.366. The zero-order valence-corrected chi connectivity index (χ0v) is 22.4. The molecule has 0 bridgehead atoms. The van der Waals surface area contributed by atoms with Gasteiger partial charge in [-0.3, -0.25) is 9.69 Å². The van der Waals surface area contributed by atoms with Crippen LogP contribution >= 0.6 is 0 Å². The fourth-order valence-corrected chi connectivity index (χ4v) is 5.34. The Balaban J connectivity index is 1.44. The molecule has 1 aliphatic carbocycles. The maximum atomic E-state index is 13.4. The topological polar surface area (TPSA) is 55.9 Å². The van der Waals surface area contributed by atoms with Gasteiger partial charge in [0.2, 0.25) is 5.91 Å². The monoisotopic (exact) mass is 502 g/mol. The molecule has 2 fully saturated rings. The Hall–Kier alpha value is -2.15. The molecule has 2 aliphatic rings. The number of nitrogens with zero attached hydrogens (tertiary/aromatic N) is 3. The molecule has 1 aliphatic heterocycles. The Kier molecular flexibility index (Phi) is 12.5. The molecular weight excluding hydrogens is 455 g/mol. The van der Waals surface area contributed by atoms with Crippen molar-refractivity contribution >= 4 is 11.9 Å². The van der Waals surface area contributed by atoms with Crippen LogP contribution in [0.25, 0.3) is 0 Å². The predicted molar refractivity (Wildman–Crippen MR) is 143 cm³/mol. The molecule has 0 atom stereocenters. The van der Waals surface area contributed by atoms with Crippen LogP contribution < -0.4 is 5.32 Å². The van der Waals surface area contributed by atoms with Crippen molar-refractivity contribution in [2.45, 2.75) is 84.1 Å². The van der Waals surface area contributed by atoms with E-state index in [9.17, 15) is 14.0 Å². The molecule has 36 heavy (non-hydrogen) atoms. The standard InChI is InChI=1S/C29H47FN4O2/c1-2-3-4-5-6-10-17-31-29(36)34(24-25-13-15-27(30)16-14-25)23-20-32-18-21-33(22-19-32)28(35)26-11-8-7-9-12-26/h13-16,26H,2-12,17-24H2,1H3,(H,31,36). The Bertz CT molecular complexity index is 774. The number of nitrogens with one attached hydrogen (secondary N) is 1. The fourth-order valence-electron chi connectivity index (χ4n) is 5.34. The normalized spacial score (nSPS) is 17.2. The largest absolute Gasteiger partial charge is 0.340 e. The van der Waals surface area contributed by atoms with Gasteiger partial charge in [0.15, 0.2) is 0 Å². The molecule has 1 heterocycles. The smallest absolute Gasteiger partial charge is 0.317 e. The van der Waals surface area contributed by atoms with Crippen LogP contribution in [0.2, 0.25) is 0 Å². The van der Waals surface area contributed by atoms with Crippen LogP contribution in [0.15, 0.2) is 24.3 Å².